The van der Waals surface area contributed by atoms with Crippen LogP contribution in [-0.4, -0.2) is 23.5 Å². The number of nitrogens with one attached hydrogen (secondary N) is 2. The molecule has 1 aliphatic carbocycles. The van der Waals surface area contributed by atoms with E-state index in [4.69, 9.17) is 0 Å². The summed E-state index contributed by atoms with van der Waals surface area (Å²) in [6.07, 6.45) is 6.21. The van der Waals surface area contributed by atoms with Crippen molar-refractivity contribution >= 4 is 38.3 Å². The first-order valence-corrected chi connectivity index (χ1v) is 9.63. The molecule has 1 fully saturated rings. The summed E-state index contributed by atoms with van der Waals surface area (Å²) in [5, 5.41) is 8.84. The van der Waals surface area contributed by atoms with Crippen LogP contribution in [-0.2, 0) is 4.79 Å². The van der Waals surface area contributed by atoms with E-state index in [2.05, 4.69) is 31.5 Å². The van der Waals surface area contributed by atoms with Crippen LogP contribution in [0.25, 0.3) is 11.3 Å². The summed E-state index contributed by atoms with van der Waals surface area (Å²) < 4.78 is 1.04. The fourth-order valence-corrected chi connectivity index (χ4v) is 3.79. The predicted molar refractivity (Wildman–Crippen MR) is 98.8 cm³/mol. The van der Waals surface area contributed by atoms with Gasteiger partial charge < -0.3 is 23.0 Å². The second-order valence-corrected chi connectivity index (χ2v) is 7.58. The van der Waals surface area contributed by atoms with Gasteiger partial charge in [0.25, 0.3) is 0 Å². The van der Waals surface area contributed by atoms with Gasteiger partial charge in [-0.05, 0) is 25.0 Å². The molecule has 2 N–H and O–H groups in total. The predicted octanol–water partition coefficient (Wildman–Crippen LogP) is 1.44. The van der Waals surface area contributed by atoms with Crippen molar-refractivity contribution < 1.29 is 17.2 Å². The highest BCUT2D eigenvalue weighted by Crippen LogP contribution is 2.26. The molecule has 1 saturated carbocycles. The number of halogens is 2. The molecule has 7 heteroatoms. The van der Waals surface area contributed by atoms with Gasteiger partial charge in [-0.3, -0.25) is 4.79 Å². The lowest BCUT2D eigenvalue weighted by molar-refractivity contribution is -0.115. The monoisotopic (exact) mass is 428 g/mol. The average Bonchev–Trinajstić information content (AvgIpc) is 3.03. The van der Waals surface area contributed by atoms with E-state index < -0.39 is 0 Å². The number of amides is 1. The van der Waals surface area contributed by atoms with Crippen molar-refractivity contribution in [3.05, 3.63) is 34.1 Å². The summed E-state index contributed by atoms with van der Waals surface area (Å²) in [6, 6.07) is 8.48. The van der Waals surface area contributed by atoms with Crippen molar-refractivity contribution in [3.8, 4) is 11.3 Å². The number of thiazole rings is 1. The molecule has 130 valence electrons. The van der Waals surface area contributed by atoms with Crippen LogP contribution in [0.15, 0.2) is 34.1 Å². The third-order valence-electron chi connectivity index (χ3n) is 4.05. The summed E-state index contributed by atoms with van der Waals surface area (Å²) >= 11 is 4.88. The fraction of sp³-hybridized carbons (Fsp3) is 0.412. The molecular weight excluding hydrogens is 410 g/mol. The van der Waals surface area contributed by atoms with Crippen LogP contribution in [0.4, 0.5) is 5.13 Å². The molecule has 1 heterocycles. The van der Waals surface area contributed by atoms with Crippen LogP contribution in [0.2, 0.25) is 0 Å². The van der Waals surface area contributed by atoms with Gasteiger partial charge in [0, 0.05) is 21.5 Å². The van der Waals surface area contributed by atoms with Crippen LogP contribution in [0.3, 0.4) is 0 Å². The third kappa shape index (κ3) is 5.55. The Morgan fingerprint density at radius 3 is 2.62 bits per heavy atom. The van der Waals surface area contributed by atoms with Crippen molar-refractivity contribution in [2.24, 2.45) is 0 Å². The van der Waals surface area contributed by atoms with Gasteiger partial charge in [0.15, 0.2) is 5.13 Å². The van der Waals surface area contributed by atoms with Gasteiger partial charge in [-0.2, -0.15) is 0 Å². The van der Waals surface area contributed by atoms with Crippen molar-refractivity contribution in [1.82, 2.24) is 10.3 Å². The number of nitrogens with zero attached hydrogens (tertiary/aromatic N) is 1. The lowest BCUT2D eigenvalue weighted by Gasteiger charge is -2.22. The second kappa shape index (κ2) is 9.51. The number of aromatic nitrogens is 1. The third-order valence-corrected chi connectivity index (χ3v) is 5.33. The van der Waals surface area contributed by atoms with Crippen LogP contribution in [0.5, 0.6) is 0 Å². The fourth-order valence-electron chi connectivity index (χ4n) is 2.79. The minimum Gasteiger partial charge on any atom is -1.00 e. The standard InChI is InChI=1S/C17H20BrN3OS.ClH/c18-13-8-6-12(7-9-13)15-11-23-17(20-15)21-16(22)10-19-14-4-2-1-3-5-14;/h6-9,11,14,19H,1-5,10H2,(H,20,21,22);1H/p-1. The first-order valence-electron chi connectivity index (χ1n) is 7.95. The van der Waals surface area contributed by atoms with E-state index in [1.165, 1.54) is 43.4 Å². The molecule has 0 spiro atoms. The topological polar surface area (TPSA) is 54.0 Å². The molecule has 1 aromatic heterocycles. The highest BCUT2D eigenvalue weighted by molar-refractivity contribution is 9.10. The van der Waals surface area contributed by atoms with Gasteiger partial charge in [-0.25, -0.2) is 4.98 Å². The van der Waals surface area contributed by atoms with E-state index >= 15 is 0 Å². The number of carbonyl (C=O) groups is 1. The number of anilines is 1. The smallest absolute Gasteiger partial charge is 0.240 e. The summed E-state index contributed by atoms with van der Waals surface area (Å²) in [6.45, 7) is 0.359. The molecule has 1 aliphatic rings. The van der Waals surface area contributed by atoms with E-state index in [1.54, 1.807) is 0 Å². The molecular formula is C17H20BrClN3OS-. The normalized spacial score (nSPS) is 14.9. The lowest BCUT2D eigenvalue weighted by atomic mass is 9.95. The van der Waals surface area contributed by atoms with Crippen LogP contribution in [0.1, 0.15) is 32.1 Å². The molecule has 2 aromatic rings. The quantitative estimate of drug-likeness (QED) is 0.756. The molecule has 24 heavy (non-hydrogen) atoms. The van der Waals surface area contributed by atoms with Gasteiger partial charge in [0.2, 0.25) is 5.91 Å². The number of hydrogen-bond acceptors (Lipinski definition) is 4. The number of rotatable bonds is 5. The van der Waals surface area contributed by atoms with Crippen LogP contribution >= 0.6 is 27.3 Å². The highest BCUT2D eigenvalue weighted by Gasteiger charge is 2.14. The minimum absolute atomic E-state index is 0. The molecule has 1 amide bonds. The second-order valence-electron chi connectivity index (χ2n) is 5.81. The minimum atomic E-state index is -0.0210. The van der Waals surface area contributed by atoms with Gasteiger partial charge >= 0.3 is 0 Å². The number of carbonyl (C=O) groups excluding carboxylic acids is 1. The first-order chi connectivity index (χ1) is 11.2. The van der Waals surface area contributed by atoms with Gasteiger partial charge in [-0.1, -0.05) is 47.3 Å². The van der Waals surface area contributed by atoms with E-state index in [0.717, 1.165) is 15.7 Å². The molecule has 3 rings (SSSR count). The Kier molecular flexibility index (Phi) is 7.68. The van der Waals surface area contributed by atoms with Crippen molar-refractivity contribution in [1.29, 1.82) is 0 Å². The lowest BCUT2D eigenvalue weighted by Crippen LogP contribution is -3.00. The Morgan fingerprint density at radius 1 is 1.21 bits per heavy atom. The molecule has 0 saturated heterocycles. The zero-order valence-electron chi connectivity index (χ0n) is 13.2. The SMILES string of the molecule is O=C(CNC1CCCCC1)Nc1nc(-c2ccc(Br)cc2)cs1.[Cl-]. The van der Waals surface area contributed by atoms with E-state index in [0.29, 0.717) is 17.7 Å². The van der Waals surface area contributed by atoms with Crippen LogP contribution in [0, 0.1) is 0 Å². The van der Waals surface area contributed by atoms with Crippen molar-refractivity contribution in [3.63, 3.8) is 0 Å². The molecule has 0 bridgehead atoms. The summed E-state index contributed by atoms with van der Waals surface area (Å²) in [4.78, 5) is 16.5. The molecule has 0 aliphatic heterocycles. The number of hydrogen-bond donors (Lipinski definition) is 2. The zero-order valence-corrected chi connectivity index (χ0v) is 16.4. The average molecular weight is 430 g/mol. The Hall–Kier alpha value is -0.950. The Balaban J connectivity index is 0.00000208. The highest BCUT2D eigenvalue weighted by atomic mass is 79.9. The molecule has 0 atom stereocenters. The molecule has 1 aromatic carbocycles. The van der Waals surface area contributed by atoms with E-state index in [9.17, 15) is 4.79 Å². The van der Waals surface area contributed by atoms with Crippen molar-refractivity contribution in [2.45, 2.75) is 38.1 Å². The summed E-state index contributed by atoms with van der Waals surface area (Å²) in [5.74, 6) is -0.0210. The van der Waals surface area contributed by atoms with Crippen molar-refractivity contribution in [2.75, 3.05) is 11.9 Å². The van der Waals surface area contributed by atoms with Gasteiger partial charge in [-0.15, -0.1) is 11.3 Å². The van der Waals surface area contributed by atoms with Gasteiger partial charge in [0.1, 0.15) is 0 Å². The number of benzene rings is 1. The Morgan fingerprint density at radius 2 is 1.92 bits per heavy atom. The molecule has 0 radical (unpaired) electrons. The Labute approximate surface area is 161 Å². The maximum Gasteiger partial charge on any atom is 0.240 e. The van der Waals surface area contributed by atoms with E-state index in [-0.39, 0.29) is 18.3 Å². The maximum atomic E-state index is 12.0. The van der Waals surface area contributed by atoms with Gasteiger partial charge in [0.05, 0.1) is 12.2 Å². The Bertz CT molecular complexity index is 656. The van der Waals surface area contributed by atoms with Crippen LogP contribution < -0.4 is 23.0 Å². The summed E-state index contributed by atoms with van der Waals surface area (Å²) in [5.41, 5.74) is 1.93. The molecule has 4 nitrogen and oxygen atoms in total. The first kappa shape index (κ1) is 19.4. The largest absolute Gasteiger partial charge is 1.00 e. The van der Waals surface area contributed by atoms with E-state index in [1.807, 2.05) is 29.6 Å². The molecule has 0 unspecified atom stereocenters. The zero-order chi connectivity index (χ0) is 16.1. The summed E-state index contributed by atoms with van der Waals surface area (Å²) in [7, 11) is 0. The maximum absolute atomic E-state index is 12.0.